The largest absolute Gasteiger partial charge is 0.480 e. The molecular weight excluding hydrogens is 216 g/mol. The molecule has 1 aromatic carbocycles. The lowest BCUT2D eigenvalue weighted by Crippen LogP contribution is -2.35. The highest BCUT2D eigenvalue weighted by Crippen LogP contribution is 2.18. The van der Waals surface area contributed by atoms with Crippen LogP contribution in [0.2, 0.25) is 0 Å². The average Bonchev–Trinajstić information content (AvgIpc) is 2.27. The molecule has 1 unspecified atom stereocenters. The lowest BCUT2D eigenvalue weighted by atomic mass is 10.1. The molecule has 0 radical (unpaired) electrons. The van der Waals surface area contributed by atoms with Crippen LogP contribution in [0.25, 0.3) is 0 Å². The van der Waals surface area contributed by atoms with Crippen molar-refractivity contribution in [2.45, 2.75) is 6.04 Å². The maximum absolute atomic E-state index is 11.3. The summed E-state index contributed by atoms with van der Waals surface area (Å²) in [6.07, 6.45) is 0. The van der Waals surface area contributed by atoms with Gasteiger partial charge in [0.1, 0.15) is 6.04 Å². The summed E-state index contributed by atoms with van der Waals surface area (Å²) in [6, 6.07) is 8.75. The highest BCUT2D eigenvalue weighted by atomic mass is 16.4. The average molecular weight is 236 g/mol. The minimum absolute atomic E-state index is 0.573. The summed E-state index contributed by atoms with van der Waals surface area (Å²) in [7, 11) is 5.80. The third kappa shape index (κ3) is 4.17. The molecule has 0 fully saturated rings. The Morgan fingerprint density at radius 2 is 1.76 bits per heavy atom. The van der Waals surface area contributed by atoms with E-state index in [9.17, 15) is 9.90 Å². The van der Waals surface area contributed by atoms with E-state index < -0.39 is 12.0 Å². The van der Waals surface area contributed by atoms with Crippen molar-refractivity contribution in [2.75, 3.05) is 34.2 Å². The number of carboxylic acids is 1. The Morgan fingerprint density at radius 3 is 2.24 bits per heavy atom. The molecule has 0 spiro atoms. The molecule has 94 valence electrons. The van der Waals surface area contributed by atoms with Crippen molar-refractivity contribution in [3.63, 3.8) is 0 Å². The van der Waals surface area contributed by atoms with Gasteiger partial charge in [-0.05, 0) is 26.7 Å². The molecule has 1 N–H and O–H groups in total. The standard InChI is InChI=1S/C13H20N2O2/c1-14(2)9-10-15(3)12(13(16)17)11-7-5-4-6-8-11/h4-8,12H,9-10H2,1-3H3,(H,16,17). The van der Waals surface area contributed by atoms with Gasteiger partial charge in [0.05, 0.1) is 0 Å². The van der Waals surface area contributed by atoms with Gasteiger partial charge in [-0.25, -0.2) is 0 Å². The number of aliphatic carboxylic acids is 1. The van der Waals surface area contributed by atoms with E-state index in [2.05, 4.69) is 0 Å². The van der Waals surface area contributed by atoms with Crippen molar-refractivity contribution in [3.05, 3.63) is 35.9 Å². The van der Waals surface area contributed by atoms with Gasteiger partial charge in [-0.3, -0.25) is 9.69 Å². The zero-order valence-corrected chi connectivity index (χ0v) is 10.6. The van der Waals surface area contributed by atoms with Crippen LogP contribution in [-0.4, -0.2) is 55.1 Å². The summed E-state index contributed by atoms with van der Waals surface area (Å²) in [4.78, 5) is 15.2. The van der Waals surface area contributed by atoms with Gasteiger partial charge in [0.15, 0.2) is 0 Å². The second-order valence-corrected chi connectivity index (χ2v) is 4.44. The van der Waals surface area contributed by atoms with Crippen LogP contribution < -0.4 is 0 Å². The van der Waals surface area contributed by atoms with Crippen LogP contribution in [0, 0.1) is 0 Å². The van der Waals surface area contributed by atoms with E-state index in [4.69, 9.17) is 0 Å². The number of carbonyl (C=O) groups is 1. The first kappa shape index (κ1) is 13.7. The first-order chi connectivity index (χ1) is 8.02. The molecule has 1 atom stereocenters. The Labute approximate surface area is 102 Å². The number of hydrogen-bond donors (Lipinski definition) is 1. The monoisotopic (exact) mass is 236 g/mol. The molecule has 0 aliphatic carbocycles. The van der Waals surface area contributed by atoms with Crippen molar-refractivity contribution in [3.8, 4) is 0 Å². The van der Waals surface area contributed by atoms with Crippen molar-refractivity contribution in [1.29, 1.82) is 0 Å². The Balaban J connectivity index is 2.76. The molecule has 1 aromatic rings. The summed E-state index contributed by atoms with van der Waals surface area (Å²) < 4.78 is 0. The zero-order chi connectivity index (χ0) is 12.8. The molecule has 0 aliphatic rings. The maximum atomic E-state index is 11.3. The Morgan fingerprint density at radius 1 is 1.18 bits per heavy atom. The lowest BCUT2D eigenvalue weighted by Gasteiger charge is -2.26. The van der Waals surface area contributed by atoms with Crippen molar-refractivity contribution < 1.29 is 9.90 Å². The van der Waals surface area contributed by atoms with Gasteiger partial charge in [-0.1, -0.05) is 30.3 Å². The number of benzene rings is 1. The van der Waals surface area contributed by atoms with Gasteiger partial charge in [0, 0.05) is 13.1 Å². The second-order valence-electron chi connectivity index (χ2n) is 4.44. The first-order valence-corrected chi connectivity index (χ1v) is 5.65. The fourth-order valence-electron chi connectivity index (χ4n) is 1.71. The van der Waals surface area contributed by atoms with Gasteiger partial charge in [0.25, 0.3) is 0 Å². The molecule has 0 bridgehead atoms. The normalized spacial score (nSPS) is 13.0. The molecule has 4 heteroatoms. The van der Waals surface area contributed by atoms with Gasteiger partial charge in [-0.15, -0.1) is 0 Å². The number of likely N-dealkylation sites (N-methyl/N-ethyl adjacent to an activating group) is 2. The smallest absolute Gasteiger partial charge is 0.325 e. The van der Waals surface area contributed by atoms with Crippen LogP contribution in [0.3, 0.4) is 0 Å². The molecule has 0 saturated carbocycles. The molecule has 0 amide bonds. The second kappa shape index (κ2) is 6.37. The van der Waals surface area contributed by atoms with Crippen LogP contribution in [0.1, 0.15) is 11.6 Å². The number of carboxylic acid groups (broad SMARTS) is 1. The maximum Gasteiger partial charge on any atom is 0.325 e. The minimum atomic E-state index is -0.808. The van der Waals surface area contributed by atoms with Gasteiger partial charge >= 0.3 is 5.97 Å². The van der Waals surface area contributed by atoms with Crippen molar-refractivity contribution >= 4 is 5.97 Å². The molecular formula is C13H20N2O2. The molecule has 0 saturated heterocycles. The van der Waals surface area contributed by atoms with E-state index in [1.165, 1.54) is 0 Å². The van der Waals surface area contributed by atoms with Gasteiger partial charge < -0.3 is 10.0 Å². The van der Waals surface area contributed by atoms with E-state index in [0.717, 1.165) is 18.7 Å². The highest BCUT2D eigenvalue weighted by molar-refractivity contribution is 5.75. The van der Waals surface area contributed by atoms with E-state index in [-0.39, 0.29) is 0 Å². The molecule has 4 nitrogen and oxygen atoms in total. The van der Waals surface area contributed by atoms with Crippen LogP contribution in [0.4, 0.5) is 0 Å². The van der Waals surface area contributed by atoms with E-state index in [0.29, 0.717) is 0 Å². The fourth-order valence-corrected chi connectivity index (χ4v) is 1.71. The lowest BCUT2D eigenvalue weighted by molar-refractivity contribution is -0.143. The highest BCUT2D eigenvalue weighted by Gasteiger charge is 2.23. The Hall–Kier alpha value is -1.39. The Bertz CT molecular complexity index is 352. The van der Waals surface area contributed by atoms with Crippen LogP contribution in [0.5, 0.6) is 0 Å². The quantitative estimate of drug-likeness (QED) is 0.808. The van der Waals surface area contributed by atoms with Crippen LogP contribution >= 0.6 is 0 Å². The topological polar surface area (TPSA) is 43.8 Å². The molecule has 0 aliphatic heterocycles. The molecule has 0 aromatic heterocycles. The zero-order valence-electron chi connectivity index (χ0n) is 10.6. The summed E-state index contributed by atoms with van der Waals surface area (Å²) in [5.41, 5.74) is 0.821. The predicted molar refractivity (Wildman–Crippen MR) is 68.0 cm³/mol. The SMILES string of the molecule is CN(C)CCN(C)C(C(=O)O)c1ccccc1. The minimum Gasteiger partial charge on any atom is -0.480 e. The third-order valence-corrected chi connectivity index (χ3v) is 2.69. The molecule has 17 heavy (non-hydrogen) atoms. The van der Waals surface area contributed by atoms with E-state index in [1.807, 2.05) is 61.3 Å². The summed E-state index contributed by atoms with van der Waals surface area (Å²) in [5, 5.41) is 9.31. The van der Waals surface area contributed by atoms with Crippen molar-refractivity contribution in [1.82, 2.24) is 9.80 Å². The first-order valence-electron chi connectivity index (χ1n) is 5.65. The third-order valence-electron chi connectivity index (χ3n) is 2.69. The summed E-state index contributed by atoms with van der Waals surface area (Å²) in [5.74, 6) is -0.808. The number of rotatable bonds is 6. The number of hydrogen-bond acceptors (Lipinski definition) is 3. The summed E-state index contributed by atoms with van der Waals surface area (Å²) in [6.45, 7) is 1.56. The number of nitrogens with zero attached hydrogens (tertiary/aromatic N) is 2. The van der Waals surface area contributed by atoms with Crippen molar-refractivity contribution in [2.24, 2.45) is 0 Å². The van der Waals surface area contributed by atoms with Gasteiger partial charge in [0.2, 0.25) is 0 Å². The van der Waals surface area contributed by atoms with E-state index in [1.54, 1.807) is 0 Å². The van der Waals surface area contributed by atoms with Crippen LogP contribution in [0.15, 0.2) is 30.3 Å². The van der Waals surface area contributed by atoms with Crippen LogP contribution in [-0.2, 0) is 4.79 Å². The fraction of sp³-hybridized carbons (Fsp3) is 0.462. The summed E-state index contributed by atoms with van der Waals surface area (Å²) >= 11 is 0. The van der Waals surface area contributed by atoms with E-state index >= 15 is 0 Å². The molecule has 1 rings (SSSR count). The molecule has 0 heterocycles. The Kier molecular flexibility index (Phi) is 5.12. The van der Waals surface area contributed by atoms with Gasteiger partial charge in [-0.2, -0.15) is 0 Å². The predicted octanol–water partition coefficient (Wildman–Crippen LogP) is 1.31.